The minimum absolute atomic E-state index is 0.241. The lowest BCUT2D eigenvalue weighted by molar-refractivity contribution is -0.119. The molecule has 2 amide bonds. The number of anilines is 1. The van der Waals surface area contributed by atoms with Crippen molar-refractivity contribution in [2.75, 3.05) is 5.32 Å². The Morgan fingerprint density at radius 3 is 2.61 bits per heavy atom. The Hall–Kier alpha value is -1.67. The van der Waals surface area contributed by atoms with E-state index in [1.54, 1.807) is 17.8 Å². The van der Waals surface area contributed by atoms with Crippen molar-refractivity contribution in [1.82, 2.24) is 9.78 Å². The van der Waals surface area contributed by atoms with Crippen molar-refractivity contribution in [3.63, 3.8) is 0 Å². The van der Waals surface area contributed by atoms with Crippen LogP contribution in [0.4, 0.5) is 5.00 Å². The van der Waals surface area contributed by atoms with Crippen molar-refractivity contribution in [2.45, 2.75) is 40.2 Å². The zero-order chi connectivity index (χ0) is 17.3. The smallest absolute Gasteiger partial charge is 0.251 e. The van der Waals surface area contributed by atoms with Gasteiger partial charge in [-0.1, -0.05) is 6.92 Å². The maximum absolute atomic E-state index is 12.5. The molecule has 2 heterocycles. The lowest BCUT2D eigenvalue weighted by Crippen LogP contribution is -2.26. The monoisotopic (exact) mass is 398 g/mol. The number of rotatable bonds is 5. The largest absolute Gasteiger partial charge is 0.365 e. The lowest BCUT2D eigenvalue weighted by atomic mass is 10.1. The molecule has 124 valence electrons. The summed E-state index contributed by atoms with van der Waals surface area (Å²) in [6.07, 6.45) is 2.34. The molecule has 1 unspecified atom stereocenters. The molecule has 8 heteroatoms. The molecule has 3 N–H and O–H groups in total. The van der Waals surface area contributed by atoms with Crippen molar-refractivity contribution in [3.05, 3.63) is 32.4 Å². The highest BCUT2D eigenvalue weighted by molar-refractivity contribution is 9.10. The third-order valence-electron chi connectivity index (χ3n) is 3.78. The number of amides is 2. The molecular formula is C15H19BrN4O2S. The van der Waals surface area contributed by atoms with Crippen molar-refractivity contribution < 1.29 is 9.59 Å². The lowest BCUT2D eigenvalue weighted by Gasteiger charge is -2.14. The molecule has 2 aromatic heterocycles. The average Bonchev–Trinajstić information content (AvgIpc) is 2.98. The third kappa shape index (κ3) is 3.32. The second-order valence-corrected chi connectivity index (χ2v) is 7.33. The van der Waals surface area contributed by atoms with Gasteiger partial charge in [0.05, 0.1) is 21.9 Å². The van der Waals surface area contributed by atoms with Crippen LogP contribution in [0.5, 0.6) is 0 Å². The number of carbonyl (C=O) groups excluding carboxylic acids is 2. The Morgan fingerprint density at radius 2 is 2.13 bits per heavy atom. The first-order chi connectivity index (χ1) is 10.8. The molecule has 0 saturated carbocycles. The molecule has 23 heavy (non-hydrogen) atoms. The number of nitrogens with two attached hydrogens (primary N) is 1. The van der Waals surface area contributed by atoms with E-state index in [4.69, 9.17) is 5.73 Å². The van der Waals surface area contributed by atoms with Crippen LogP contribution in [0.15, 0.2) is 10.7 Å². The van der Waals surface area contributed by atoms with E-state index in [0.29, 0.717) is 17.0 Å². The molecule has 2 aromatic rings. The number of carbonyl (C=O) groups is 2. The van der Waals surface area contributed by atoms with Crippen molar-refractivity contribution >= 4 is 44.1 Å². The van der Waals surface area contributed by atoms with Gasteiger partial charge in [0.25, 0.3) is 5.91 Å². The average molecular weight is 399 g/mol. The van der Waals surface area contributed by atoms with E-state index in [-0.39, 0.29) is 5.91 Å². The van der Waals surface area contributed by atoms with Crippen LogP contribution in [0.1, 0.15) is 46.4 Å². The maximum atomic E-state index is 12.5. The fourth-order valence-electron chi connectivity index (χ4n) is 2.47. The topological polar surface area (TPSA) is 90.0 Å². The normalized spacial score (nSPS) is 12.2. The summed E-state index contributed by atoms with van der Waals surface area (Å²) in [6, 6.07) is -0.505. The number of thiophene rings is 1. The molecule has 0 radical (unpaired) electrons. The van der Waals surface area contributed by atoms with Gasteiger partial charge in [0.15, 0.2) is 0 Å². The zero-order valence-corrected chi connectivity index (χ0v) is 15.8. The predicted molar refractivity (Wildman–Crippen MR) is 95.0 cm³/mol. The number of aromatic nitrogens is 2. The van der Waals surface area contributed by atoms with Gasteiger partial charge in [0.1, 0.15) is 11.0 Å². The summed E-state index contributed by atoms with van der Waals surface area (Å²) in [4.78, 5) is 25.3. The Morgan fingerprint density at radius 1 is 1.48 bits per heavy atom. The van der Waals surface area contributed by atoms with E-state index >= 15 is 0 Å². The van der Waals surface area contributed by atoms with Crippen molar-refractivity contribution in [2.24, 2.45) is 5.73 Å². The molecule has 0 spiro atoms. The zero-order valence-electron chi connectivity index (χ0n) is 13.4. The summed E-state index contributed by atoms with van der Waals surface area (Å²) in [5.41, 5.74) is 7.65. The Balaban J connectivity index is 2.30. The molecule has 0 fully saturated rings. The van der Waals surface area contributed by atoms with Crippen LogP contribution in [0.25, 0.3) is 0 Å². The van der Waals surface area contributed by atoms with Gasteiger partial charge in [-0.25, -0.2) is 0 Å². The van der Waals surface area contributed by atoms with Gasteiger partial charge in [0.2, 0.25) is 5.91 Å². The number of nitrogens with zero attached hydrogens (tertiary/aromatic N) is 2. The highest BCUT2D eigenvalue weighted by atomic mass is 79.9. The Labute approximate surface area is 147 Å². The van der Waals surface area contributed by atoms with Crippen molar-refractivity contribution in [3.8, 4) is 0 Å². The summed E-state index contributed by atoms with van der Waals surface area (Å²) in [5.74, 6) is -0.762. The second kappa shape index (κ2) is 6.84. The number of hydrogen-bond acceptors (Lipinski definition) is 4. The standard InChI is InChI=1S/C15H19BrN4O2S/c1-5-10-9(4)23-15(12(10)13(17)21)19-14(22)8(3)20-7(2)11(16)6-18-20/h6,8H,5H2,1-4H3,(H2,17,21)(H,19,22). The summed E-state index contributed by atoms with van der Waals surface area (Å²) in [6.45, 7) is 7.51. The molecule has 0 aliphatic heterocycles. The summed E-state index contributed by atoms with van der Waals surface area (Å²) in [5, 5.41) is 7.53. The van der Waals surface area contributed by atoms with E-state index in [1.165, 1.54) is 11.3 Å². The quantitative estimate of drug-likeness (QED) is 0.809. The van der Waals surface area contributed by atoms with E-state index in [1.807, 2.05) is 20.8 Å². The first kappa shape index (κ1) is 17.7. The minimum atomic E-state index is -0.521. The fraction of sp³-hybridized carbons (Fsp3) is 0.400. The molecular weight excluding hydrogens is 380 g/mol. The van der Waals surface area contributed by atoms with Gasteiger partial charge in [-0.2, -0.15) is 5.10 Å². The molecule has 0 aliphatic carbocycles. The molecule has 0 saturated heterocycles. The first-order valence-corrected chi connectivity index (χ1v) is 8.81. The molecule has 0 bridgehead atoms. The number of hydrogen-bond donors (Lipinski definition) is 2. The highest BCUT2D eigenvalue weighted by Crippen LogP contribution is 2.33. The van der Waals surface area contributed by atoms with Crippen LogP contribution >= 0.6 is 27.3 Å². The maximum Gasteiger partial charge on any atom is 0.251 e. The Kier molecular flexibility index (Phi) is 5.26. The predicted octanol–water partition coefficient (Wildman–Crippen LogP) is 3.18. The number of nitrogens with one attached hydrogen (secondary N) is 1. The van der Waals surface area contributed by atoms with Gasteiger partial charge in [0, 0.05) is 4.88 Å². The van der Waals surface area contributed by atoms with Gasteiger partial charge in [-0.15, -0.1) is 11.3 Å². The second-order valence-electron chi connectivity index (χ2n) is 5.25. The van der Waals surface area contributed by atoms with E-state index < -0.39 is 11.9 Å². The first-order valence-electron chi connectivity index (χ1n) is 7.20. The summed E-state index contributed by atoms with van der Waals surface area (Å²) in [7, 11) is 0. The van der Waals surface area contributed by atoms with Gasteiger partial charge in [-0.3, -0.25) is 14.3 Å². The van der Waals surface area contributed by atoms with E-state index in [0.717, 1.165) is 20.6 Å². The molecule has 6 nitrogen and oxygen atoms in total. The Bertz CT molecular complexity index is 766. The van der Waals surface area contributed by atoms with Gasteiger partial charge < -0.3 is 11.1 Å². The van der Waals surface area contributed by atoms with Crippen LogP contribution in [0.3, 0.4) is 0 Å². The van der Waals surface area contributed by atoms with Crippen LogP contribution in [0, 0.1) is 13.8 Å². The van der Waals surface area contributed by atoms with Crippen LogP contribution in [-0.4, -0.2) is 21.6 Å². The number of primary amides is 1. The SMILES string of the molecule is CCc1c(C)sc(NC(=O)C(C)n2ncc(Br)c2C)c1C(N)=O. The molecule has 1 atom stereocenters. The van der Waals surface area contributed by atoms with E-state index in [9.17, 15) is 9.59 Å². The summed E-state index contributed by atoms with van der Waals surface area (Å²) >= 11 is 4.75. The van der Waals surface area contributed by atoms with Gasteiger partial charge >= 0.3 is 0 Å². The van der Waals surface area contributed by atoms with Crippen molar-refractivity contribution in [1.29, 1.82) is 0 Å². The highest BCUT2D eigenvalue weighted by Gasteiger charge is 2.24. The van der Waals surface area contributed by atoms with E-state index in [2.05, 4.69) is 26.3 Å². The number of halogens is 1. The fourth-order valence-corrected chi connectivity index (χ4v) is 3.90. The van der Waals surface area contributed by atoms with Crippen LogP contribution in [-0.2, 0) is 11.2 Å². The summed E-state index contributed by atoms with van der Waals surface area (Å²) < 4.78 is 2.47. The number of aryl methyl sites for hydroxylation is 1. The molecule has 2 rings (SSSR count). The molecule has 0 aliphatic rings. The van der Waals surface area contributed by atoms with Crippen LogP contribution < -0.4 is 11.1 Å². The molecule has 0 aromatic carbocycles. The van der Waals surface area contributed by atoms with Crippen LogP contribution in [0.2, 0.25) is 0 Å². The van der Waals surface area contributed by atoms with Gasteiger partial charge in [-0.05, 0) is 48.7 Å². The third-order valence-corrected chi connectivity index (χ3v) is 5.62. The minimum Gasteiger partial charge on any atom is -0.365 e.